The van der Waals surface area contributed by atoms with E-state index < -0.39 is 24.4 Å². The molecule has 13 heavy (non-hydrogen) atoms. The zero-order valence-corrected chi connectivity index (χ0v) is 6.93. The van der Waals surface area contributed by atoms with Crippen molar-refractivity contribution in [1.82, 2.24) is 0 Å². The average Bonchev–Trinajstić information content (AvgIpc) is 2.10. The smallest absolute Gasteiger partial charge is 0.163 e. The minimum atomic E-state index is -0.983. The van der Waals surface area contributed by atoms with Gasteiger partial charge >= 0.3 is 0 Å². The van der Waals surface area contributed by atoms with Gasteiger partial charge in [0.2, 0.25) is 0 Å². The van der Waals surface area contributed by atoms with Crippen LogP contribution in [0.3, 0.4) is 0 Å². The highest BCUT2D eigenvalue weighted by Gasteiger charge is 2.13. The number of nitrogens with two attached hydrogens (primary N) is 1. The van der Waals surface area contributed by atoms with Crippen molar-refractivity contribution >= 4 is 0 Å². The maximum Gasteiger partial charge on any atom is 0.163 e. The Morgan fingerprint density at radius 3 is 2.62 bits per heavy atom. The second kappa shape index (κ2) is 4.28. The van der Waals surface area contributed by atoms with Gasteiger partial charge in [-0.3, -0.25) is 4.39 Å². The molecule has 1 aromatic carbocycles. The van der Waals surface area contributed by atoms with Gasteiger partial charge in [-0.05, 0) is 12.5 Å². The van der Waals surface area contributed by atoms with E-state index in [4.69, 9.17) is 5.73 Å². The number of rotatable bonds is 3. The quantitative estimate of drug-likeness (QED) is 0.775. The van der Waals surface area contributed by atoms with E-state index in [0.29, 0.717) is 0 Å². The van der Waals surface area contributed by atoms with Crippen molar-refractivity contribution < 1.29 is 13.2 Å². The summed E-state index contributed by atoms with van der Waals surface area (Å²) in [7, 11) is 0. The van der Waals surface area contributed by atoms with Crippen molar-refractivity contribution in [3.05, 3.63) is 35.4 Å². The van der Waals surface area contributed by atoms with Crippen molar-refractivity contribution in [2.24, 2.45) is 5.73 Å². The molecule has 1 nitrogen and oxygen atoms in total. The van der Waals surface area contributed by atoms with Crippen LogP contribution in [0.5, 0.6) is 0 Å². The minimum Gasteiger partial charge on any atom is -0.324 e. The molecule has 0 saturated carbocycles. The maximum absolute atomic E-state index is 13.0. The molecule has 0 spiro atoms. The Bertz CT molecular complexity index is 288. The van der Waals surface area contributed by atoms with E-state index in [1.807, 2.05) is 0 Å². The monoisotopic (exact) mass is 189 g/mol. The van der Waals surface area contributed by atoms with Crippen LogP contribution in [0, 0.1) is 11.6 Å². The number of alkyl halides is 1. The van der Waals surface area contributed by atoms with Gasteiger partial charge in [-0.25, -0.2) is 8.78 Å². The van der Waals surface area contributed by atoms with Crippen LogP contribution in [0.2, 0.25) is 0 Å². The number of halogens is 3. The average molecular weight is 189 g/mol. The van der Waals surface area contributed by atoms with Crippen molar-refractivity contribution in [2.75, 3.05) is 6.67 Å². The lowest BCUT2D eigenvalue weighted by Gasteiger charge is -2.10. The molecule has 0 bridgehead atoms. The van der Waals surface area contributed by atoms with Gasteiger partial charge in [-0.15, -0.1) is 0 Å². The summed E-state index contributed by atoms with van der Waals surface area (Å²) in [6, 6.07) is 2.94. The molecule has 72 valence electrons. The number of benzene rings is 1. The summed E-state index contributed by atoms with van der Waals surface area (Å²) in [4.78, 5) is 0. The molecule has 0 fully saturated rings. The van der Waals surface area contributed by atoms with Crippen LogP contribution >= 0.6 is 0 Å². The van der Waals surface area contributed by atoms with Gasteiger partial charge in [-0.2, -0.15) is 0 Å². The Hall–Kier alpha value is -1.03. The van der Waals surface area contributed by atoms with Crippen molar-refractivity contribution in [3.63, 3.8) is 0 Å². The van der Waals surface area contributed by atoms with Crippen molar-refractivity contribution in [2.45, 2.75) is 12.5 Å². The van der Waals surface area contributed by atoms with Crippen LogP contribution < -0.4 is 5.73 Å². The molecule has 0 unspecified atom stereocenters. The van der Waals surface area contributed by atoms with Gasteiger partial charge in [0.05, 0.1) is 6.67 Å². The topological polar surface area (TPSA) is 26.0 Å². The van der Waals surface area contributed by atoms with E-state index in [2.05, 4.69) is 0 Å². The third-order valence-corrected chi connectivity index (χ3v) is 1.80. The zero-order valence-electron chi connectivity index (χ0n) is 6.93. The lowest BCUT2D eigenvalue weighted by Crippen LogP contribution is -2.13. The Labute approximate surface area is 74.4 Å². The second-order valence-corrected chi connectivity index (χ2v) is 2.73. The van der Waals surface area contributed by atoms with E-state index in [-0.39, 0.29) is 12.0 Å². The summed E-state index contributed by atoms with van der Waals surface area (Å²) >= 11 is 0. The highest BCUT2D eigenvalue weighted by atomic mass is 19.2. The Balaban J connectivity index is 2.93. The molecule has 0 amide bonds. The van der Waals surface area contributed by atoms with Crippen LogP contribution in [0.25, 0.3) is 0 Å². The standard InChI is InChI=1S/C9H10F3N/c10-5-4-8(13)6-2-1-3-7(11)9(6)12/h1-3,8H,4-5,13H2/t8-/m0/s1. The van der Waals surface area contributed by atoms with Crippen LogP contribution in [0.15, 0.2) is 18.2 Å². The van der Waals surface area contributed by atoms with E-state index >= 15 is 0 Å². The summed E-state index contributed by atoms with van der Waals surface area (Å²) in [6.45, 7) is -0.642. The van der Waals surface area contributed by atoms with Gasteiger partial charge in [0.1, 0.15) is 0 Å². The Morgan fingerprint density at radius 2 is 2.00 bits per heavy atom. The summed E-state index contributed by atoms with van der Waals surface area (Å²) in [6.07, 6.45) is 0.000370. The molecular weight excluding hydrogens is 179 g/mol. The van der Waals surface area contributed by atoms with Gasteiger partial charge in [0, 0.05) is 11.6 Å². The molecule has 1 aromatic rings. The predicted octanol–water partition coefficient (Wildman–Crippen LogP) is 2.32. The summed E-state index contributed by atoms with van der Waals surface area (Å²) in [5.74, 6) is -1.93. The summed E-state index contributed by atoms with van der Waals surface area (Å²) < 4.78 is 37.5. The lowest BCUT2D eigenvalue weighted by molar-refractivity contribution is 0.427. The SMILES string of the molecule is N[C@@H](CCF)c1cccc(F)c1F. The van der Waals surface area contributed by atoms with E-state index in [9.17, 15) is 13.2 Å². The molecule has 1 atom stereocenters. The highest BCUT2D eigenvalue weighted by molar-refractivity contribution is 5.22. The number of hydrogen-bond acceptors (Lipinski definition) is 1. The summed E-state index contributed by atoms with van der Waals surface area (Å²) in [5, 5.41) is 0. The third-order valence-electron chi connectivity index (χ3n) is 1.80. The molecule has 2 N–H and O–H groups in total. The fraction of sp³-hybridized carbons (Fsp3) is 0.333. The maximum atomic E-state index is 13.0. The highest BCUT2D eigenvalue weighted by Crippen LogP contribution is 2.19. The number of hydrogen-bond donors (Lipinski definition) is 1. The molecule has 4 heteroatoms. The molecule has 0 heterocycles. The van der Waals surface area contributed by atoms with Gasteiger partial charge in [0.25, 0.3) is 0 Å². The normalized spacial score (nSPS) is 12.9. The van der Waals surface area contributed by atoms with Crippen LogP contribution in [0.4, 0.5) is 13.2 Å². The fourth-order valence-electron chi connectivity index (χ4n) is 1.08. The van der Waals surface area contributed by atoms with E-state index in [0.717, 1.165) is 6.07 Å². The lowest BCUT2D eigenvalue weighted by atomic mass is 10.0. The molecule has 0 aliphatic heterocycles. The molecular formula is C9H10F3N. The Kier molecular flexibility index (Phi) is 3.31. The third kappa shape index (κ3) is 2.21. The second-order valence-electron chi connectivity index (χ2n) is 2.73. The van der Waals surface area contributed by atoms with E-state index in [1.165, 1.54) is 12.1 Å². The fourth-order valence-corrected chi connectivity index (χ4v) is 1.08. The first-order valence-electron chi connectivity index (χ1n) is 3.92. The van der Waals surface area contributed by atoms with Gasteiger partial charge in [-0.1, -0.05) is 12.1 Å². The first-order valence-corrected chi connectivity index (χ1v) is 3.92. The first-order chi connectivity index (χ1) is 6.16. The Morgan fingerprint density at radius 1 is 1.31 bits per heavy atom. The summed E-state index contributed by atoms with van der Waals surface area (Å²) in [5.41, 5.74) is 5.45. The van der Waals surface area contributed by atoms with Gasteiger partial charge < -0.3 is 5.73 Å². The molecule has 0 aliphatic carbocycles. The van der Waals surface area contributed by atoms with E-state index in [1.54, 1.807) is 0 Å². The molecule has 0 radical (unpaired) electrons. The van der Waals surface area contributed by atoms with Crippen molar-refractivity contribution in [3.8, 4) is 0 Å². The molecule has 0 saturated heterocycles. The molecule has 0 aromatic heterocycles. The van der Waals surface area contributed by atoms with Crippen LogP contribution in [-0.4, -0.2) is 6.67 Å². The van der Waals surface area contributed by atoms with Crippen molar-refractivity contribution in [1.29, 1.82) is 0 Å². The molecule has 0 aliphatic rings. The van der Waals surface area contributed by atoms with Crippen LogP contribution in [-0.2, 0) is 0 Å². The minimum absolute atomic E-state index is 0.000370. The largest absolute Gasteiger partial charge is 0.324 e. The molecule has 1 rings (SSSR count). The van der Waals surface area contributed by atoms with Crippen LogP contribution in [0.1, 0.15) is 18.0 Å². The van der Waals surface area contributed by atoms with Gasteiger partial charge in [0.15, 0.2) is 11.6 Å². The first kappa shape index (κ1) is 10.1. The zero-order chi connectivity index (χ0) is 9.84. The predicted molar refractivity (Wildman–Crippen MR) is 43.9 cm³/mol.